The van der Waals surface area contributed by atoms with E-state index in [1.807, 2.05) is 0 Å². The predicted octanol–water partition coefficient (Wildman–Crippen LogP) is 1.22. The number of anilines is 1. The molecule has 9 heteroatoms. The lowest BCUT2D eigenvalue weighted by Gasteiger charge is -2.25. The summed E-state index contributed by atoms with van der Waals surface area (Å²) < 4.78 is 31.5. The molecule has 1 aromatic heterocycles. The van der Waals surface area contributed by atoms with Crippen molar-refractivity contribution in [2.75, 3.05) is 11.4 Å². The van der Waals surface area contributed by atoms with Crippen molar-refractivity contribution in [2.24, 2.45) is 0 Å². The number of aromatic carboxylic acids is 1. The molecule has 0 atom stereocenters. The van der Waals surface area contributed by atoms with Gasteiger partial charge >= 0.3 is 16.2 Å². The Morgan fingerprint density at radius 1 is 1.42 bits per heavy atom. The Hall–Kier alpha value is -1.19. The van der Waals surface area contributed by atoms with Gasteiger partial charge in [0.1, 0.15) is 10.6 Å². The number of carbonyl (C=O) groups is 1. The highest BCUT2D eigenvalue weighted by Crippen LogP contribution is 2.29. The standard InChI is InChI=1S/C10H17N3O4S2/c1-6-7(9(14)15)8(18-11-6)13(5)19(16,17)12-10(2,3)4/h12H,1-5H3,(H,14,15). The Balaban J connectivity index is 3.21. The van der Waals surface area contributed by atoms with E-state index < -0.39 is 21.7 Å². The molecular formula is C10H17N3O4S2. The third kappa shape index (κ3) is 3.64. The summed E-state index contributed by atoms with van der Waals surface area (Å²) in [5.74, 6) is -1.20. The SMILES string of the molecule is Cc1nsc(N(C)S(=O)(=O)NC(C)(C)C)c1C(=O)O. The van der Waals surface area contributed by atoms with Crippen LogP contribution >= 0.6 is 11.5 Å². The number of nitrogens with one attached hydrogen (secondary N) is 1. The molecule has 0 saturated heterocycles. The average molecular weight is 307 g/mol. The van der Waals surface area contributed by atoms with Crippen LogP contribution in [-0.2, 0) is 10.2 Å². The Morgan fingerprint density at radius 3 is 2.37 bits per heavy atom. The van der Waals surface area contributed by atoms with Gasteiger partial charge in [-0.3, -0.25) is 0 Å². The molecule has 7 nitrogen and oxygen atoms in total. The highest BCUT2D eigenvalue weighted by Gasteiger charge is 2.30. The number of aryl methyl sites for hydroxylation is 1. The number of carboxylic acid groups (broad SMARTS) is 1. The van der Waals surface area contributed by atoms with Gasteiger partial charge in [0.15, 0.2) is 0 Å². The third-order valence-electron chi connectivity index (χ3n) is 2.14. The third-order valence-corrected chi connectivity index (χ3v) is 5.05. The van der Waals surface area contributed by atoms with Gasteiger partial charge in [-0.05, 0) is 39.2 Å². The number of hydrogen-bond donors (Lipinski definition) is 2. The van der Waals surface area contributed by atoms with E-state index in [9.17, 15) is 13.2 Å². The van der Waals surface area contributed by atoms with Crippen molar-refractivity contribution in [1.29, 1.82) is 0 Å². The molecule has 0 aromatic carbocycles. The molecule has 0 saturated carbocycles. The van der Waals surface area contributed by atoms with Gasteiger partial charge in [0.25, 0.3) is 0 Å². The van der Waals surface area contributed by atoms with Crippen molar-refractivity contribution in [3.8, 4) is 0 Å². The van der Waals surface area contributed by atoms with Gasteiger partial charge in [0.05, 0.1) is 5.69 Å². The van der Waals surface area contributed by atoms with Crippen LogP contribution in [0.5, 0.6) is 0 Å². The maximum absolute atomic E-state index is 12.1. The fourth-order valence-electron chi connectivity index (χ4n) is 1.38. The highest BCUT2D eigenvalue weighted by molar-refractivity contribution is 7.91. The average Bonchev–Trinajstić information content (AvgIpc) is 2.55. The van der Waals surface area contributed by atoms with E-state index in [0.717, 1.165) is 15.8 Å². The summed E-state index contributed by atoms with van der Waals surface area (Å²) in [5, 5.41) is 9.19. The predicted molar refractivity (Wildman–Crippen MR) is 74.0 cm³/mol. The zero-order valence-electron chi connectivity index (χ0n) is 11.4. The smallest absolute Gasteiger partial charge is 0.340 e. The van der Waals surface area contributed by atoms with Crippen molar-refractivity contribution < 1.29 is 18.3 Å². The summed E-state index contributed by atoms with van der Waals surface area (Å²) in [6.45, 7) is 6.64. The van der Waals surface area contributed by atoms with E-state index in [2.05, 4.69) is 9.10 Å². The van der Waals surface area contributed by atoms with Crippen molar-refractivity contribution in [1.82, 2.24) is 9.10 Å². The minimum Gasteiger partial charge on any atom is -0.478 e. The van der Waals surface area contributed by atoms with Crippen LogP contribution in [0.15, 0.2) is 0 Å². The second-order valence-corrected chi connectivity index (χ2v) is 7.53. The minimum absolute atomic E-state index is 0.0850. The number of aromatic nitrogens is 1. The fourth-order valence-corrected chi connectivity index (χ4v) is 3.75. The molecule has 1 rings (SSSR count). The van der Waals surface area contributed by atoms with E-state index in [-0.39, 0.29) is 10.6 Å². The molecule has 19 heavy (non-hydrogen) atoms. The lowest BCUT2D eigenvalue weighted by atomic mass is 10.1. The van der Waals surface area contributed by atoms with Gasteiger partial charge in [-0.15, -0.1) is 0 Å². The summed E-state index contributed by atoms with van der Waals surface area (Å²) in [6.07, 6.45) is 0. The zero-order chi connectivity index (χ0) is 15.0. The molecule has 0 aliphatic heterocycles. The summed E-state index contributed by atoms with van der Waals surface area (Å²) in [7, 11) is -2.52. The lowest BCUT2D eigenvalue weighted by Crippen LogP contribution is -2.47. The second-order valence-electron chi connectivity index (χ2n) is 5.08. The monoisotopic (exact) mass is 307 g/mol. The van der Waals surface area contributed by atoms with Crippen molar-refractivity contribution in [2.45, 2.75) is 33.2 Å². The maximum atomic E-state index is 12.1. The van der Waals surface area contributed by atoms with E-state index in [1.165, 1.54) is 14.0 Å². The normalized spacial score (nSPS) is 12.5. The number of hydrogen-bond acceptors (Lipinski definition) is 5. The lowest BCUT2D eigenvalue weighted by molar-refractivity contribution is 0.0697. The van der Waals surface area contributed by atoms with Crippen LogP contribution in [0.25, 0.3) is 0 Å². The van der Waals surface area contributed by atoms with E-state index >= 15 is 0 Å². The first-order valence-electron chi connectivity index (χ1n) is 5.43. The molecule has 0 unspecified atom stereocenters. The van der Waals surface area contributed by atoms with Crippen LogP contribution in [0.2, 0.25) is 0 Å². The van der Waals surface area contributed by atoms with Crippen LogP contribution in [0.4, 0.5) is 5.00 Å². The van der Waals surface area contributed by atoms with E-state index in [1.54, 1.807) is 20.8 Å². The van der Waals surface area contributed by atoms with Crippen molar-refractivity contribution >= 4 is 32.7 Å². The maximum Gasteiger partial charge on any atom is 0.340 e. The van der Waals surface area contributed by atoms with Gasteiger partial charge in [-0.2, -0.15) is 17.5 Å². The molecule has 0 bridgehead atoms. The van der Waals surface area contributed by atoms with Crippen LogP contribution in [-0.4, -0.2) is 36.5 Å². The van der Waals surface area contributed by atoms with Crippen molar-refractivity contribution in [3.05, 3.63) is 11.3 Å². The van der Waals surface area contributed by atoms with E-state index in [4.69, 9.17) is 5.11 Å². The molecule has 0 radical (unpaired) electrons. The largest absolute Gasteiger partial charge is 0.478 e. The molecule has 1 aromatic rings. The first-order chi connectivity index (χ1) is 8.46. The van der Waals surface area contributed by atoms with Gasteiger partial charge in [-0.1, -0.05) is 0 Å². The first-order valence-corrected chi connectivity index (χ1v) is 7.64. The fraction of sp³-hybridized carbons (Fsp3) is 0.600. The van der Waals surface area contributed by atoms with Gasteiger partial charge in [-0.25, -0.2) is 9.10 Å². The van der Waals surface area contributed by atoms with Crippen LogP contribution in [0.1, 0.15) is 36.8 Å². The molecule has 0 fully saturated rings. The van der Waals surface area contributed by atoms with Crippen molar-refractivity contribution in [3.63, 3.8) is 0 Å². The molecule has 2 N–H and O–H groups in total. The first kappa shape index (κ1) is 15.9. The summed E-state index contributed by atoms with van der Waals surface area (Å²) in [4.78, 5) is 11.1. The number of nitrogens with zero attached hydrogens (tertiary/aromatic N) is 2. The molecular weight excluding hydrogens is 290 g/mol. The van der Waals surface area contributed by atoms with E-state index in [0.29, 0.717) is 5.69 Å². The van der Waals surface area contributed by atoms with Gasteiger partial charge in [0, 0.05) is 12.6 Å². The molecule has 0 aliphatic carbocycles. The highest BCUT2D eigenvalue weighted by atomic mass is 32.2. The quantitative estimate of drug-likeness (QED) is 0.871. The Labute approximate surface area is 116 Å². The molecule has 0 spiro atoms. The van der Waals surface area contributed by atoms with Crippen LogP contribution in [0, 0.1) is 6.92 Å². The van der Waals surface area contributed by atoms with Crippen LogP contribution in [0.3, 0.4) is 0 Å². The minimum atomic E-state index is -3.82. The second kappa shape index (κ2) is 5.06. The van der Waals surface area contributed by atoms with Gasteiger partial charge < -0.3 is 5.11 Å². The summed E-state index contributed by atoms with van der Waals surface area (Å²) >= 11 is 0.841. The molecule has 0 aliphatic rings. The zero-order valence-corrected chi connectivity index (χ0v) is 13.0. The topological polar surface area (TPSA) is 99.6 Å². The Kier molecular flexibility index (Phi) is 4.23. The van der Waals surface area contributed by atoms with Crippen LogP contribution < -0.4 is 9.03 Å². The van der Waals surface area contributed by atoms with Gasteiger partial charge in [0.2, 0.25) is 0 Å². The molecule has 108 valence electrons. The Bertz CT molecular complexity index is 586. The number of carboxylic acids is 1. The molecule has 0 amide bonds. The summed E-state index contributed by atoms with van der Waals surface area (Å²) in [5.41, 5.74) is -0.451. The summed E-state index contributed by atoms with van der Waals surface area (Å²) in [6, 6.07) is 0. The number of rotatable bonds is 4. The Morgan fingerprint density at radius 2 is 1.95 bits per heavy atom. The molecule has 1 heterocycles.